The van der Waals surface area contributed by atoms with Crippen LogP contribution in [0, 0.1) is 12.7 Å². The van der Waals surface area contributed by atoms with E-state index in [1.54, 1.807) is 19.1 Å². The molecule has 1 heterocycles. The normalized spacial score (nSPS) is 10.2. The predicted molar refractivity (Wildman–Crippen MR) is 73.0 cm³/mol. The van der Waals surface area contributed by atoms with Crippen molar-refractivity contribution < 1.29 is 18.5 Å². The molecule has 1 aromatic heterocycles. The summed E-state index contributed by atoms with van der Waals surface area (Å²) in [5, 5.41) is 8.52. The van der Waals surface area contributed by atoms with Crippen molar-refractivity contribution in [2.24, 2.45) is 0 Å². The molecule has 21 heavy (non-hydrogen) atoms. The van der Waals surface area contributed by atoms with Crippen molar-refractivity contribution in [2.45, 2.75) is 13.3 Å². The molecule has 0 radical (unpaired) electrons. The molecule has 0 bridgehead atoms. The second kappa shape index (κ2) is 6.65. The highest BCUT2D eigenvalue weighted by molar-refractivity contribution is 5.94. The average Bonchev–Trinajstić information content (AvgIpc) is 2.82. The van der Waals surface area contributed by atoms with E-state index in [2.05, 4.69) is 15.8 Å². The zero-order valence-corrected chi connectivity index (χ0v) is 11.4. The van der Waals surface area contributed by atoms with E-state index < -0.39 is 11.7 Å². The quantitative estimate of drug-likeness (QED) is 0.872. The lowest BCUT2D eigenvalue weighted by Gasteiger charge is -2.05. The van der Waals surface area contributed by atoms with Crippen LogP contribution < -0.4 is 10.6 Å². The van der Waals surface area contributed by atoms with Gasteiger partial charge in [0.2, 0.25) is 11.8 Å². The topological polar surface area (TPSA) is 84.2 Å². The number of anilines is 1. The summed E-state index contributed by atoms with van der Waals surface area (Å²) >= 11 is 0. The molecule has 0 aliphatic heterocycles. The van der Waals surface area contributed by atoms with Gasteiger partial charge in [0.1, 0.15) is 11.6 Å². The van der Waals surface area contributed by atoms with Gasteiger partial charge in [-0.25, -0.2) is 4.39 Å². The van der Waals surface area contributed by atoms with Crippen molar-refractivity contribution in [1.82, 2.24) is 10.5 Å². The number of hydrogen-bond acceptors (Lipinski definition) is 4. The monoisotopic (exact) mass is 291 g/mol. The molecule has 0 saturated carbocycles. The van der Waals surface area contributed by atoms with Gasteiger partial charge in [-0.15, -0.1) is 0 Å². The van der Waals surface area contributed by atoms with E-state index in [0.717, 1.165) is 0 Å². The van der Waals surface area contributed by atoms with Gasteiger partial charge in [-0.1, -0.05) is 17.3 Å². The Morgan fingerprint density at radius 1 is 1.29 bits per heavy atom. The molecular weight excluding hydrogens is 277 g/mol. The highest BCUT2D eigenvalue weighted by atomic mass is 19.1. The summed E-state index contributed by atoms with van der Waals surface area (Å²) < 4.78 is 17.8. The minimum Gasteiger partial charge on any atom is -0.360 e. The Balaban J connectivity index is 1.77. The number of carbonyl (C=O) groups is 2. The van der Waals surface area contributed by atoms with Crippen LogP contribution in [0.25, 0.3) is 0 Å². The van der Waals surface area contributed by atoms with Crippen LogP contribution in [-0.4, -0.2) is 23.5 Å². The molecule has 1 aromatic carbocycles. The van der Waals surface area contributed by atoms with Gasteiger partial charge in [0, 0.05) is 6.07 Å². The third kappa shape index (κ3) is 4.72. The first-order valence-corrected chi connectivity index (χ1v) is 6.27. The maximum Gasteiger partial charge on any atom is 0.245 e. The molecule has 0 aliphatic carbocycles. The lowest BCUT2D eigenvalue weighted by atomic mass is 10.1. The summed E-state index contributed by atoms with van der Waals surface area (Å²) in [5.74, 6) is -0.334. The third-order valence-corrected chi connectivity index (χ3v) is 2.60. The molecule has 6 nitrogen and oxygen atoms in total. The van der Waals surface area contributed by atoms with Crippen molar-refractivity contribution in [3.63, 3.8) is 0 Å². The Morgan fingerprint density at radius 2 is 2.10 bits per heavy atom. The Hall–Kier alpha value is -2.70. The molecule has 2 aromatic rings. The van der Waals surface area contributed by atoms with Crippen molar-refractivity contribution in [3.05, 3.63) is 47.5 Å². The van der Waals surface area contributed by atoms with Gasteiger partial charge in [-0.05, 0) is 24.6 Å². The van der Waals surface area contributed by atoms with Crippen LogP contribution in [0.3, 0.4) is 0 Å². The van der Waals surface area contributed by atoms with E-state index in [-0.39, 0.29) is 24.7 Å². The van der Waals surface area contributed by atoms with E-state index in [1.165, 1.54) is 18.2 Å². The largest absolute Gasteiger partial charge is 0.360 e. The number of amides is 2. The number of carbonyl (C=O) groups excluding carboxylic acids is 2. The van der Waals surface area contributed by atoms with Crippen LogP contribution in [-0.2, 0) is 16.0 Å². The molecule has 2 rings (SSSR count). The Bertz CT molecular complexity index is 654. The predicted octanol–water partition coefficient (Wildman–Crippen LogP) is 1.42. The summed E-state index contributed by atoms with van der Waals surface area (Å²) in [6.45, 7) is 1.50. The van der Waals surface area contributed by atoms with Crippen molar-refractivity contribution in [1.29, 1.82) is 0 Å². The fourth-order valence-electron chi connectivity index (χ4n) is 1.69. The number of aryl methyl sites for hydroxylation is 1. The maximum absolute atomic E-state index is 13.0. The van der Waals surface area contributed by atoms with E-state index in [0.29, 0.717) is 11.3 Å². The summed E-state index contributed by atoms with van der Waals surface area (Å²) in [6.07, 6.45) is 0.00804. The number of aromatic nitrogens is 1. The first-order chi connectivity index (χ1) is 10.0. The number of benzene rings is 1. The maximum atomic E-state index is 13.0. The molecule has 0 saturated heterocycles. The average molecular weight is 291 g/mol. The van der Waals surface area contributed by atoms with Gasteiger partial charge in [-0.2, -0.15) is 0 Å². The smallest absolute Gasteiger partial charge is 0.245 e. The minimum atomic E-state index is -0.420. The third-order valence-electron chi connectivity index (χ3n) is 2.60. The number of halogens is 1. The van der Waals surface area contributed by atoms with Crippen molar-refractivity contribution >= 4 is 17.6 Å². The van der Waals surface area contributed by atoms with Gasteiger partial charge in [0.05, 0.1) is 13.0 Å². The molecule has 110 valence electrons. The standard InChI is InChI=1S/C14H14FN3O3/c1-9-5-12(18-21-9)17-14(20)8-16-13(19)7-10-3-2-4-11(15)6-10/h2-6H,7-8H2,1H3,(H,16,19)(H,17,18,20). The second-order valence-corrected chi connectivity index (χ2v) is 4.45. The van der Waals surface area contributed by atoms with Gasteiger partial charge < -0.3 is 15.2 Å². The number of nitrogens with zero attached hydrogens (tertiary/aromatic N) is 1. The molecule has 0 fully saturated rings. The number of rotatable bonds is 5. The van der Waals surface area contributed by atoms with Crippen molar-refractivity contribution in [3.8, 4) is 0 Å². The van der Waals surface area contributed by atoms with Gasteiger partial charge >= 0.3 is 0 Å². The zero-order valence-electron chi connectivity index (χ0n) is 11.4. The molecule has 0 atom stereocenters. The molecular formula is C14H14FN3O3. The number of nitrogens with one attached hydrogen (secondary N) is 2. The Labute approximate surface area is 120 Å². The SMILES string of the molecule is Cc1cc(NC(=O)CNC(=O)Cc2cccc(F)c2)no1. The van der Waals surface area contributed by atoms with E-state index in [9.17, 15) is 14.0 Å². The molecule has 0 unspecified atom stereocenters. The first-order valence-electron chi connectivity index (χ1n) is 6.27. The molecule has 0 spiro atoms. The molecule has 0 aliphatic rings. The lowest BCUT2D eigenvalue weighted by Crippen LogP contribution is -2.33. The first kappa shape index (κ1) is 14.7. The van der Waals surface area contributed by atoms with E-state index in [1.807, 2.05) is 0 Å². The van der Waals surface area contributed by atoms with Crippen LogP contribution in [0.15, 0.2) is 34.9 Å². The summed E-state index contributed by atoms with van der Waals surface area (Å²) in [5.41, 5.74) is 0.542. The van der Waals surface area contributed by atoms with Crippen LogP contribution in [0.5, 0.6) is 0 Å². The second-order valence-electron chi connectivity index (χ2n) is 4.45. The van der Waals surface area contributed by atoms with Gasteiger partial charge in [0.25, 0.3) is 0 Å². The fraction of sp³-hybridized carbons (Fsp3) is 0.214. The van der Waals surface area contributed by atoms with E-state index in [4.69, 9.17) is 4.52 Å². The Morgan fingerprint density at radius 3 is 2.76 bits per heavy atom. The zero-order chi connectivity index (χ0) is 15.2. The molecule has 7 heteroatoms. The van der Waals surface area contributed by atoms with Crippen LogP contribution >= 0.6 is 0 Å². The fourth-order valence-corrected chi connectivity index (χ4v) is 1.69. The molecule has 2 N–H and O–H groups in total. The van der Waals surface area contributed by atoms with Gasteiger partial charge in [0.15, 0.2) is 5.82 Å². The van der Waals surface area contributed by atoms with Crippen molar-refractivity contribution in [2.75, 3.05) is 11.9 Å². The minimum absolute atomic E-state index is 0.00804. The van der Waals surface area contributed by atoms with Crippen LogP contribution in [0.2, 0.25) is 0 Å². The highest BCUT2D eigenvalue weighted by Crippen LogP contribution is 2.06. The molecule has 2 amide bonds. The Kier molecular flexibility index (Phi) is 4.65. The van der Waals surface area contributed by atoms with E-state index >= 15 is 0 Å². The lowest BCUT2D eigenvalue weighted by molar-refractivity contribution is -0.123. The van der Waals surface area contributed by atoms with Gasteiger partial charge in [-0.3, -0.25) is 9.59 Å². The van der Waals surface area contributed by atoms with Crippen LogP contribution in [0.1, 0.15) is 11.3 Å². The summed E-state index contributed by atoms with van der Waals surface area (Å²) in [7, 11) is 0. The summed E-state index contributed by atoms with van der Waals surface area (Å²) in [4.78, 5) is 23.2. The highest BCUT2D eigenvalue weighted by Gasteiger charge is 2.09. The summed E-state index contributed by atoms with van der Waals surface area (Å²) in [6, 6.07) is 7.30. The van der Waals surface area contributed by atoms with Crippen LogP contribution in [0.4, 0.5) is 10.2 Å². The number of hydrogen-bond donors (Lipinski definition) is 2.